The van der Waals surface area contributed by atoms with Gasteiger partial charge in [-0.1, -0.05) is 115 Å². The molecule has 0 saturated carbocycles. The standard InChI is InChI=1S/C33H68NO6P/c1-6-7-8-9-10-11-12-13-14-15-16-17-18-19-20-21-22-23-24-25-26-27-29-38-31-33(37-5)32-40-41(35,36)39-30-28-34(2,3)4/h18-19,33H,6-17,20-32H2,1-5H3/b19-18-/t33-/m1/s1. The second-order valence-corrected chi connectivity index (χ2v) is 14.0. The molecule has 0 aliphatic carbocycles. The van der Waals surface area contributed by atoms with E-state index in [2.05, 4.69) is 19.1 Å². The predicted molar refractivity (Wildman–Crippen MR) is 171 cm³/mol. The number of phosphoric ester groups is 1. The molecule has 0 aliphatic heterocycles. The van der Waals surface area contributed by atoms with Crippen molar-refractivity contribution in [2.45, 2.75) is 141 Å². The molecule has 0 N–H and O–H groups in total. The third kappa shape index (κ3) is 32.5. The Bertz CT molecular complexity index is 625. The van der Waals surface area contributed by atoms with Gasteiger partial charge in [-0.25, -0.2) is 0 Å². The van der Waals surface area contributed by atoms with Crippen molar-refractivity contribution < 1.29 is 32.5 Å². The molecule has 0 aromatic carbocycles. The highest BCUT2D eigenvalue weighted by molar-refractivity contribution is 7.45. The number of hydrogen-bond acceptors (Lipinski definition) is 6. The first-order valence-corrected chi connectivity index (χ1v) is 18.3. The van der Waals surface area contributed by atoms with Gasteiger partial charge >= 0.3 is 0 Å². The van der Waals surface area contributed by atoms with Crippen molar-refractivity contribution in [2.75, 3.05) is 61.2 Å². The molecule has 0 spiro atoms. The Morgan fingerprint density at radius 1 is 0.659 bits per heavy atom. The molecule has 0 heterocycles. The van der Waals surface area contributed by atoms with Crippen molar-refractivity contribution in [3.63, 3.8) is 0 Å². The largest absolute Gasteiger partial charge is 0.756 e. The lowest BCUT2D eigenvalue weighted by molar-refractivity contribution is -0.870. The molecule has 0 radical (unpaired) electrons. The minimum Gasteiger partial charge on any atom is -0.756 e. The lowest BCUT2D eigenvalue weighted by Gasteiger charge is -2.28. The normalized spacial score (nSPS) is 14.6. The second kappa shape index (κ2) is 28.5. The third-order valence-corrected chi connectivity index (χ3v) is 8.33. The summed E-state index contributed by atoms with van der Waals surface area (Å²) < 4.78 is 33.4. The van der Waals surface area contributed by atoms with Gasteiger partial charge in [0.05, 0.1) is 34.4 Å². The Hall–Kier alpha value is -0.270. The number of methoxy groups -OCH3 is 1. The first kappa shape index (κ1) is 40.7. The van der Waals surface area contributed by atoms with E-state index < -0.39 is 13.9 Å². The Morgan fingerprint density at radius 3 is 1.59 bits per heavy atom. The molecule has 246 valence electrons. The summed E-state index contributed by atoms with van der Waals surface area (Å²) in [6, 6.07) is 0. The molecule has 0 amide bonds. The number of quaternary nitrogens is 1. The van der Waals surface area contributed by atoms with Crippen LogP contribution in [0.1, 0.15) is 135 Å². The number of nitrogens with zero attached hydrogens (tertiary/aromatic N) is 1. The number of phosphoric acid groups is 1. The molecule has 1 unspecified atom stereocenters. The van der Waals surface area contributed by atoms with Gasteiger partial charge in [0, 0.05) is 13.7 Å². The van der Waals surface area contributed by atoms with Crippen LogP contribution in [0.15, 0.2) is 12.2 Å². The lowest BCUT2D eigenvalue weighted by atomic mass is 10.0. The Labute approximate surface area is 254 Å². The molecule has 0 aromatic rings. The molecule has 0 rings (SSSR count). The number of rotatable bonds is 32. The highest BCUT2D eigenvalue weighted by atomic mass is 31.2. The Kier molecular flexibility index (Phi) is 28.3. The van der Waals surface area contributed by atoms with Gasteiger partial charge in [0.25, 0.3) is 7.82 Å². The van der Waals surface area contributed by atoms with Crippen molar-refractivity contribution in [1.29, 1.82) is 0 Å². The first-order chi connectivity index (χ1) is 19.7. The molecule has 0 aromatic heterocycles. The summed E-state index contributed by atoms with van der Waals surface area (Å²) in [5.74, 6) is 0. The maximum absolute atomic E-state index is 11.9. The molecular formula is C33H68NO6P. The molecule has 0 aliphatic rings. The quantitative estimate of drug-likeness (QED) is 0.0331. The smallest absolute Gasteiger partial charge is 0.268 e. The van der Waals surface area contributed by atoms with Crippen LogP contribution < -0.4 is 4.89 Å². The number of hydrogen-bond donors (Lipinski definition) is 0. The zero-order valence-corrected chi connectivity index (χ0v) is 28.6. The summed E-state index contributed by atoms with van der Waals surface area (Å²) in [5.41, 5.74) is 0. The van der Waals surface area contributed by atoms with Crippen LogP contribution in [0.25, 0.3) is 0 Å². The van der Waals surface area contributed by atoms with Crippen LogP contribution in [0.5, 0.6) is 0 Å². The van der Waals surface area contributed by atoms with Gasteiger partial charge < -0.3 is 27.9 Å². The predicted octanol–water partition coefficient (Wildman–Crippen LogP) is 8.60. The van der Waals surface area contributed by atoms with E-state index in [1.54, 1.807) is 0 Å². The van der Waals surface area contributed by atoms with Crippen molar-refractivity contribution in [3.8, 4) is 0 Å². The van der Waals surface area contributed by atoms with Crippen LogP contribution in [0.4, 0.5) is 0 Å². The summed E-state index contributed by atoms with van der Waals surface area (Å²) in [6.07, 6.45) is 31.0. The van der Waals surface area contributed by atoms with E-state index in [1.807, 2.05) is 21.1 Å². The molecule has 7 nitrogen and oxygen atoms in total. The lowest BCUT2D eigenvalue weighted by Crippen LogP contribution is -2.37. The topological polar surface area (TPSA) is 77.1 Å². The van der Waals surface area contributed by atoms with Gasteiger partial charge in [-0.05, 0) is 32.1 Å². The van der Waals surface area contributed by atoms with Crippen LogP contribution in [0, 0.1) is 0 Å². The van der Waals surface area contributed by atoms with E-state index in [0.717, 1.165) is 12.8 Å². The van der Waals surface area contributed by atoms with Crippen LogP contribution in [-0.2, 0) is 23.1 Å². The Morgan fingerprint density at radius 2 is 1.12 bits per heavy atom. The molecular weight excluding hydrogens is 537 g/mol. The number of likely N-dealkylation sites (N-methyl/N-ethyl adjacent to an activating group) is 1. The number of unbranched alkanes of at least 4 members (excludes halogenated alkanes) is 18. The molecule has 8 heteroatoms. The van der Waals surface area contributed by atoms with Crippen molar-refractivity contribution in [1.82, 2.24) is 0 Å². The zero-order valence-electron chi connectivity index (χ0n) is 27.8. The average Bonchev–Trinajstić information content (AvgIpc) is 2.91. The first-order valence-electron chi connectivity index (χ1n) is 16.9. The van der Waals surface area contributed by atoms with E-state index in [4.69, 9.17) is 18.5 Å². The average molecular weight is 606 g/mol. The molecule has 2 atom stereocenters. The minimum atomic E-state index is -4.33. The van der Waals surface area contributed by atoms with Crippen LogP contribution in [-0.4, -0.2) is 71.8 Å². The van der Waals surface area contributed by atoms with Crippen molar-refractivity contribution in [3.05, 3.63) is 12.2 Å². The molecule has 0 fully saturated rings. The highest BCUT2D eigenvalue weighted by Gasteiger charge is 2.16. The van der Waals surface area contributed by atoms with Crippen LogP contribution >= 0.6 is 7.82 Å². The van der Waals surface area contributed by atoms with Crippen molar-refractivity contribution >= 4 is 7.82 Å². The molecule has 0 bridgehead atoms. The maximum atomic E-state index is 11.9. The monoisotopic (exact) mass is 605 g/mol. The summed E-state index contributed by atoms with van der Waals surface area (Å²) in [4.78, 5) is 11.9. The summed E-state index contributed by atoms with van der Waals surface area (Å²) in [7, 11) is 3.11. The van der Waals surface area contributed by atoms with Gasteiger partial charge in [0.15, 0.2) is 0 Å². The van der Waals surface area contributed by atoms with Gasteiger partial charge in [-0.15, -0.1) is 0 Å². The van der Waals surface area contributed by atoms with Gasteiger partial charge in [-0.2, -0.15) is 0 Å². The number of ether oxygens (including phenoxy) is 2. The molecule has 41 heavy (non-hydrogen) atoms. The van der Waals surface area contributed by atoms with E-state index >= 15 is 0 Å². The van der Waals surface area contributed by atoms with E-state index in [1.165, 1.54) is 123 Å². The van der Waals surface area contributed by atoms with E-state index in [-0.39, 0.29) is 13.2 Å². The molecule has 0 saturated heterocycles. The third-order valence-electron chi connectivity index (χ3n) is 7.37. The Balaban J connectivity index is 3.44. The van der Waals surface area contributed by atoms with Gasteiger partial charge in [-0.3, -0.25) is 4.57 Å². The van der Waals surface area contributed by atoms with Gasteiger partial charge in [0.2, 0.25) is 0 Å². The summed E-state index contributed by atoms with van der Waals surface area (Å²) >= 11 is 0. The fourth-order valence-electron chi connectivity index (χ4n) is 4.55. The summed E-state index contributed by atoms with van der Waals surface area (Å²) in [5, 5.41) is 0. The fourth-order valence-corrected chi connectivity index (χ4v) is 5.28. The van der Waals surface area contributed by atoms with E-state index in [9.17, 15) is 9.46 Å². The number of allylic oxidation sites excluding steroid dienone is 2. The summed E-state index contributed by atoms with van der Waals surface area (Å²) in [6.45, 7) is 3.81. The van der Waals surface area contributed by atoms with Gasteiger partial charge in [0.1, 0.15) is 19.3 Å². The SMILES string of the molecule is CCCCCCCCCCCCC/C=C\CCCCCCCCCOC[C@H](COP(=O)([O-])OCC[N+](C)(C)C)OC. The minimum absolute atomic E-state index is 0.0922. The fraction of sp³-hybridized carbons (Fsp3) is 0.939. The second-order valence-electron chi connectivity index (χ2n) is 12.6. The van der Waals surface area contributed by atoms with Crippen LogP contribution in [0.3, 0.4) is 0 Å². The van der Waals surface area contributed by atoms with Crippen molar-refractivity contribution in [2.24, 2.45) is 0 Å². The highest BCUT2D eigenvalue weighted by Crippen LogP contribution is 2.38. The zero-order chi connectivity index (χ0) is 30.5. The maximum Gasteiger partial charge on any atom is 0.268 e. The van der Waals surface area contributed by atoms with E-state index in [0.29, 0.717) is 24.2 Å². The van der Waals surface area contributed by atoms with Crippen LogP contribution in [0.2, 0.25) is 0 Å².